The van der Waals surface area contributed by atoms with E-state index < -0.39 is 11.0 Å². The number of hydrogen-bond acceptors (Lipinski definition) is 2. The number of nitrogens with one attached hydrogen (secondary N) is 1. The third-order valence-corrected chi connectivity index (χ3v) is 3.24. The minimum Gasteiger partial charge on any atom is -0.399 e. The standard InChI is InChI=1S/C9H13ClN2OS/c1-6(2)14(13)12-9-5-7(11)3-4-8(9)10/h3-6,12H,11H2,1-2H3. The fraction of sp³-hybridized carbons (Fsp3) is 0.333. The van der Waals surface area contributed by atoms with Gasteiger partial charge < -0.3 is 10.5 Å². The third kappa shape index (κ3) is 2.89. The molecule has 0 aliphatic rings. The van der Waals surface area contributed by atoms with E-state index >= 15 is 0 Å². The van der Waals surface area contributed by atoms with Gasteiger partial charge in [-0.15, -0.1) is 0 Å². The molecular weight excluding hydrogens is 220 g/mol. The molecule has 0 saturated carbocycles. The van der Waals surface area contributed by atoms with Crippen LogP contribution in [0.4, 0.5) is 11.4 Å². The van der Waals surface area contributed by atoms with Gasteiger partial charge in [0.2, 0.25) is 0 Å². The summed E-state index contributed by atoms with van der Waals surface area (Å²) in [5.41, 5.74) is 6.79. The first-order chi connectivity index (χ1) is 6.50. The summed E-state index contributed by atoms with van der Waals surface area (Å²) in [7, 11) is -1.13. The van der Waals surface area contributed by atoms with Gasteiger partial charge in [-0.1, -0.05) is 11.6 Å². The number of benzene rings is 1. The lowest BCUT2D eigenvalue weighted by Gasteiger charge is -2.10. The highest BCUT2D eigenvalue weighted by Crippen LogP contribution is 2.24. The van der Waals surface area contributed by atoms with Gasteiger partial charge in [-0.3, -0.25) is 0 Å². The Morgan fingerprint density at radius 2 is 2.14 bits per heavy atom. The zero-order valence-electron chi connectivity index (χ0n) is 8.08. The van der Waals surface area contributed by atoms with Gasteiger partial charge in [0.25, 0.3) is 0 Å². The van der Waals surface area contributed by atoms with E-state index in [0.29, 0.717) is 16.4 Å². The molecule has 14 heavy (non-hydrogen) atoms. The predicted octanol–water partition coefficient (Wildman–Crippen LogP) is 2.41. The van der Waals surface area contributed by atoms with Crippen molar-refractivity contribution in [3.63, 3.8) is 0 Å². The highest BCUT2D eigenvalue weighted by atomic mass is 35.5. The summed E-state index contributed by atoms with van der Waals surface area (Å²) in [5, 5.41) is 0.556. The van der Waals surface area contributed by atoms with Crippen LogP contribution in [0.5, 0.6) is 0 Å². The normalized spacial score (nSPS) is 12.9. The van der Waals surface area contributed by atoms with Crippen LogP contribution < -0.4 is 10.5 Å². The van der Waals surface area contributed by atoms with E-state index in [2.05, 4.69) is 4.72 Å². The van der Waals surface area contributed by atoms with E-state index in [-0.39, 0.29) is 5.25 Å². The van der Waals surface area contributed by atoms with Crippen molar-refractivity contribution in [1.29, 1.82) is 0 Å². The molecule has 5 heteroatoms. The first-order valence-electron chi connectivity index (χ1n) is 4.23. The van der Waals surface area contributed by atoms with Gasteiger partial charge in [-0.05, 0) is 32.0 Å². The van der Waals surface area contributed by atoms with Crippen LogP contribution in [-0.4, -0.2) is 9.46 Å². The summed E-state index contributed by atoms with van der Waals surface area (Å²) in [6.07, 6.45) is 0. The Bertz CT molecular complexity index is 355. The fourth-order valence-electron chi connectivity index (χ4n) is 0.847. The van der Waals surface area contributed by atoms with E-state index in [0.717, 1.165) is 0 Å². The Kier molecular flexibility index (Phi) is 3.77. The summed E-state index contributed by atoms with van der Waals surface area (Å²) in [4.78, 5) is 0. The lowest BCUT2D eigenvalue weighted by Crippen LogP contribution is -2.14. The summed E-state index contributed by atoms with van der Waals surface area (Å²) in [5.74, 6) is 0. The molecular formula is C9H13ClN2OS. The lowest BCUT2D eigenvalue weighted by molar-refractivity contribution is 0.680. The van der Waals surface area contributed by atoms with Crippen LogP contribution in [0.3, 0.4) is 0 Å². The van der Waals surface area contributed by atoms with Gasteiger partial charge in [-0.25, -0.2) is 4.21 Å². The molecule has 0 amide bonds. The Balaban J connectivity index is 2.86. The molecule has 0 fully saturated rings. The minimum atomic E-state index is -1.13. The number of anilines is 2. The molecule has 1 unspecified atom stereocenters. The highest BCUT2D eigenvalue weighted by Gasteiger charge is 2.07. The minimum absolute atomic E-state index is 0.0347. The molecule has 1 rings (SSSR count). The summed E-state index contributed by atoms with van der Waals surface area (Å²) in [6.45, 7) is 3.73. The molecule has 1 atom stereocenters. The fourth-order valence-corrected chi connectivity index (χ4v) is 1.69. The maximum Gasteiger partial charge on any atom is 0.119 e. The quantitative estimate of drug-likeness (QED) is 0.787. The van der Waals surface area contributed by atoms with Crippen molar-refractivity contribution in [3.8, 4) is 0 Å². The average Bonchev–Trinajstić information content (AvgIpc) is 2.11. The number of hydrogen-bond donors (Lipinski definition) is 2. The van der Waals surface area contributed by atoms with E-state index in [9.17, 15) is 4.21 Å². The molecule has 1 aromatic carbocycles. The second-order valence-electron chi connectivity index (χ2n) is 3.19. The van der Waals surface area contributed by atoms with E-state index in [1.165, 1.54) is 0 Å². The van der Waals surface area contributed by atoms with Gasteiger partial charge in [0, 0.05) is 10.9 Å². The van der Waals surface area contributed by atoms with Gasteiger partial charge >= 0.3 is 0 Å². The Hall–Kier alpha value is -0.740. The predicted molar refractivity (Wildman–Crippen MR) is 62.8 cm³/mol. The molecule has 0 saturated heterocycles. The number of rotatable bonds is 3. The molecule has 0 radical (unpaired) electrons. The van der Waals surface area contributed by atoms with Crippen LogP contribution in [-0.2, 0) is 11.0 Å². The first kappa shape index (κ1) is 11.3. The topological polar surface area (TPSA) is 55.1 Å². The van der Waals surface area contributed by atoms with Crippen molar-refractivity contribution in [2.45, 2.75) is 19.1 Å². The summed E-state index contributed by atoms with van der Waals surface area (Å²) >= 11 is 5.89. The van der Waals surface area contributed by atoms with Crippen LogP contribution in [0.1, 0.15) is 13.8 Å². The second kappa shape index (κ2) is 4.66. The molecule has 78 valence electrons. The van der Waals surface area contributed by atoms with Crippen LogP contribution in [0.2, 0.25) is 5.02 Å². The maximum absolute atomic E-state index is 11.5. The first-order valence-corrected chi connectivity index (χ1v) is 5.82. The lowest BCUT2D eigenvalue weighted by atomic mass is 10.3. The number of nitrogen functional groups attached to an aromatic ring is 1. The molecule has 0 aromatic heterocycles. The van der Waals surface area contributed by atoms with Crippen LogP contribution in [0, 0.1) is 0 Å². The van der Waals surface area contributed by atoms with Gasteiger partial charge in [0.1, 0.15) is 11.0 Å². The zero-order chi connectivity index (χ0) is 10.7. The SMILES string of the molecule is CC(C)S(=O)Nc1cc(N)ccc1Cl. The number of halogens is 1. The molecule has 3 N–H and O–H groups in total. The molecule has 3 nitrogen and oxygen atoms in total. The maximum atomic E-state index is 11.5. The highest BCUT2D eigenvalue weighted by molar-refractivity contribution is 7.86. The van der Waals surface area contributed by atoms with E-state index in [4.69, 9.17) is 17.3 Å². The summed E-state index contributed by atoms with van der Waals surface area (Å²) < 4.78 is 14.3. The van der Waals surface area contributed by atoms with Gasteiger partial charge in [0.05, 0.1) is 10.7 Å². The molecule has 0 heterocycles. The van der Waals surface area contributed by atoms with Crippen molar-refractivity contribution in [3.05, 3.63) is 23.2 Å². The average molecular weight is 233 g/mol. The Labute approximate surface area is 91.2 Å². The van der Waals surface area contributed by atoms with Crippen molar-refractivity contribution in [1.82, 2.24) is 0 Å². The van der Waals surface area contributed by atoms with Crippen molar-refractivity contribution < 1.29 is 4.21 Å². The monoisotopic (exact) mass is 232 g/mol. The second-order valence-corrected chi connectivity index (χ2v) is 5.34. The van der Waals surface area contributed by atoms with E-state index in [1.54, 1.807) is 18.2 Å². The Morgan fingerprint density at radius 3 is 2.71 bits per heavy atom. The van der Waals surface area contributed by atoms with Crippen molar-refractivity contribution >= 4 is 34.0 Å². The van der Waals surface area contributed by atoms with Crippen LogP contribution >= 0.6 is 11.6 Å². The van der Waals surface area contributed by atoms with Crippen LogP contribution in [0.25, 0.3) is 0 Å². The smallest absolute Gasteiger partial charge is 0.119 e. The van der Waals surface area contributed by atoms with Crippen molar-refractivity contribution in [2.75, 3.05) is 10.5 Å². The molecule has 0 spiro atoms. The van der Waals surface area contributed by atoms with Gasteiger partial charge in [-0.2, -0.15) is 0 Å². The molecule has 0 bridgehead atoms. The van der Waals surface area contributed by atoms with Crippen LogP contribution in [0.15, 0.2) is 18.2 Å². The van der Waals surface area contributed by atoms with Gasteiger partial charge in [0.15, 0.2) is 0 Å². The summed E-state index contributed by atoms with van der Waals surface area (Å²) in [6, 6.07) is 5.05. The third-order valence-electron chi connectivity index (χ3n) is 1.63. The van der Waals surface area contributed by atoms with E-state index in [1.807, 2.05) is 13.8 Å². The molecule has 0 aliphatic heterocycles. The zero-order valence-corrected chi connectivity index (χ0v) is 9.65. The number of nitrogens with two attached hydrogens (primary N) is 1. The van der Waals surface area contributed by atoms with Crippen molar-refractivity contribution in [2.24, 2.45) is 0 Å². The Morgan fingerprint density at radius 1 is 1.50 bits per heavy atom. The molecule has 1 aromatic rings. The largest absolute Gasteiger partial charge is 0.399 e. The molecule has 0 aliphatic carbocycles.